The van der Waals surface area contributed by atoms with Crippen molar-refractivity contribution in [2.24, 2.45) is 100 Å². The van der Waals surface area contributed by atoms with E-state index in [9.17, 15) is 43.2 Å². The first-order valence-electron chi connectivity index (χ1n) is 26.1. The van der Waals surface area contributed by atoms with Crippen LogP contribution in [-0.4, -0.2) is 165 Å². The van der Waals surface area contributed by atoms with Crippen LogP contribution in [0.4, 0.5) is 0 Å². The van der Waals surface area contributed by atoms with E-state index in [0.29, 0.717) is 12.2 Å². The van der Waals surface area contributed by atoms with Crippen molar-refractivity contribution >= 4 is 94.1 Å². The van der Waals surface area contributed by atoms with Crippen molar-refractivity contribution in [2.45, 2.75) is 141 Å². The Hall–Kier alpha value is -7.11. The molecule has 0 spiro atoms. The van der Waals surface area contributed by atoms with Gasteiger partial charge in [0.2, 0.25) is 23.6 Å². The molecule has 30 heteroatoms. The lowest BCUT2D eigenvalue weighted by Gasteiger charge is -2.26. The molecule has 0 bridgehead atoms. The Bertz CT molecular complexity index is 2090. The Labute approximate surface area is 461 Å². The monoisotopic (exact) mass is 1120 g/mol. The molecule has 0 aliphatic rings. The number of thioether (sulfide) groups is 1. The van der Waals surface area contributed by atoms with Gasteiger partial charge in [-0.15, -0.1) is 0 Å². The third-order valence-corrected chi connectivity index (χ3v) is 12.7. The Balaban J connectivity index is 6.83. The Morgan fingerprint density at radius 2 is 0.808 bits per heavy atom. The molecule has 442 valence electrons. The third-order valence-electron chi connectivity index (χ3n) is 12.0. The summed E-state index contributed by atoms with van der Waals surface area (Å²) in [4.78, 5) is 142. The Morgan fingerprint density at radius 1 is 0.449 bits per heavy atom. The van der Waals surface area contributed by atoms with Gasteiger partial charge in [-0.1, -0.05) is 6.92 Å². The van der Waals surface area contributed by atoms with Gasteiger partial charge in [0.15, 0.2) is 52.9 Å². The summed E-state index contributed by atoms with van der Waals surface area (Å²) in [6.07, 6.45) is 1.97. The van der Waals surface area contributed by atoms with Gasteiger partial charge in [0.25, 0.3) is 0 Å². The van der Waals surface area contributed by atoms with Gasteiger partial charge in [0.05, 0.1) is 36.6 Å². The fraction of sp³-hybridized carbons (Fsp3) is 0.708. The second-order valence-corrected chi connectivity index (χ2v) is 19.6. The molecule has 25 N–H and O–H groups in total. The summed E-state index contributed by atoms with van der Waals surface area (Å²) in [6, 6.07) is -4.34. The lowest BCUT2D eigenvalue weighted by molar-refractivity contribution is -0.135. The minimum Gasteiger partial charge on any atom is -0.370 e. The number of aliphatic imine (C=N–C) groups is 5. The molecule has 7 atom stereocenters. The lowest BCUT2D eigenvalue weighted by atomic mass is 9.89. The first-order valence-corrected chi connectivity index (χ1v) is 27.5. The van der Waals surface area contributed by atoms with Crippen molar-refractivity contribution in [1.29, 1.82) is 0 Å². The second-order valence-electron chi connectivity index (χ2n) is 18.7. The Morgan fingerprint density at radius 3 is 1.17 bits per heavy atom. The zero-order chi connectivity index (χ0) is 59.2. The first-order chi connectivity index (χ1) is 36.8. The number of rotatable bonds is 45. The van der Waals surface area contributed by atoms with Gasteiger partial charge in [-0.2, -0.15) is 11.8 Å². The van der Waals surface area contributed by atoms with Crippen molar-refractivity contribution in [3.05, 3.63) is 0 Å². The van der Waals surface area contributed by atoms with Crippen LogP contribution in [0.3, 0.4) is 0 Å². The minimum absolute atomic E-state index is 0.000668. The van der Waals surface area contributed by atoms with Crippen LogP contribution in [0.25, 0.3) is 0 Å². The molecule has 0 unspecified atom stereocenters. The van der Waals surface area contributed by atoms with Gasteiger partial charge in [0.1, 0.15) is 5.78 Å². The van der Waals surface area contributed by atoms with E-state index in [1.165, 1.54) is 18.7 Å². The SMILES string of the molecule is CCC(=O)[C@@H](CCCN=C(N)N)NC(=O)[C@@H](CCCN=C(N)N)CC(=O)[C@@H](CCCN=C(N)N)NC(=O)[C@@H](CCCN=C(N)N)CC(=O)[C@@H](CCCN=C(N)N)NC(=O)CCC(=O)[C@H](C)NC(=O)[C@H](CSC)CC(=O)CNC. The van der Waals surface area contributed by atoms with Crippen LogP contribution in [0, 0.1) is 17.8 Å². The number of amides is 4. The highest BCUT2D eigenvalue weighted by Crippen LogP contribution is 2.21. The highest BCUT2D eigenvalue weighted by atomic mass is 32.2. The second kappa shape index (κ2) is 41.0. The molecule has 0 aromatic rings. The van der Waals surface area contributed by atoms with Crippen LogP contribution in [-0.2, 0) is 43.2 Å². The molecule has 0 aliphatic carbocycles. The van der Waals surface area contributed by atoms with E-state index in [1.807, 2.05) is 0 Å². The number of guanidine groups is 5. The van der Waals surface area contributed by atoms with Gasteiger partial charge < -0.3 is 83.9 Å². The number of hydrogen-bond acceptors (Lipinski definition) is 16. The number of nitrogens with one attached hydrogen (secondary N) is 5. The highest BCUT2D eigenvalue weighted by molar-refractivity contribution is 7.98. The molecule has 0 radical (unpaired) electrons. The molecule has 0 aliphatic heterocycles. The summed E-state index contributed by atoms with van der Waals surface area (Å²) in [5.74, 6) is -7.86. The summed E-state index contributed by atoms with van der Waals surface area (Å²) in [5.41, 5.74) is 55.2. The minimum atomic E-state index is -1.24. The molecule has 78 heavy (non-hydrogen) atoms. The molecule has 0 aromatic carbocycles. The van der Waals surface area contributed by atoms with Crippen LogP contribution in [0.15, 0.2) is 25.0 Å². The summed E-state index contributed by atoms with van der Waals surface area (Å²) < 4.78 is 0. The number of hydrogen-bond donors (Lipinski definition) is 15. The summed E-state index contributed by atoms with van der Waals surface area (Å²) in [7, 11) is 1.62. The van der Waals surface area contributed by atoms with Crippen LogP contribution in [0.1, 0.15) is 117 Å². The van der Waals surface area contributed by atoms with E-state index in [2.05, 4.69) is 51.5 Å². The molecule has 0 rings (SSSR count). The van der Waals surface area contributed by atoms with E-state index in [1.54, 1.807) is 20.2 Å². The summed E-state index contributed by atoms with van der Waals surface area (Å²) >= 11 is 1.38. The number of carbonyl (C=O) groups excluding carboxylic acids is 9. The van der Waals surface area contributed by atoms with Gasteiger partial charge in [-0.25, -0.2) is 0 Å². The molecule has 0 aromatic heterocycles. The van der Waals surface area contributed by atoms with Crippen LogP contribution in [0.5, 0.6) is 0 Å². The fourth-order valence-corrected chi connectivity index (χ4v) is 8.57. The van der Waals surface area contributed by atoms with E-state index in [-0.39, 0.29) is 164 Å². The molecule has 0 saturated carbocycles. The normalized spacial score (nSPS) is 13.5. The van der Waals surface area contributed by atoms with Gasteiger partial charge in [0, 0.05) is 88.8 Å². The molecule has 0 saturated heterocycles. The van der Waals surface area contributed by atoms with Gasteiger partial charge >= 0.3 is 0 Å². The summed E-state index contributed by atoms with van der Waals surface area (Å²) in [6.45, 7) is 3.78. The lowest BCUT2D eigenvalue weighted by Crippen LogP contribution is -2.48. The Kier molecular flexibility index (Phi) is 37.3. The van der Waals surface area contributed by atoms with Crippen LogP contribution in [0.2, 0.25) is 0 Å². The smallest absolute Gasteiger partial charge is 0.224 e. The number of likely N-dealkylation sites (N-methyl/N-ethyl adjacent to an activating group) is 1. The van der Waals surface area contributed by atoms with E-state index >= 15 is 0 Å². The third kappa shape index (κ3) is 33.8. The molecule has 29 nitrogen and oxygen atoms in total. The maximum absolute atomic E-state index is 14.5. The maximum Gasteiger partial charge on any atom is 0.224 e. The van der Waals surface area contributed by atoms with E-state index in [4.69, 9.17) is 57.3 Å². The predicted molar refractivity (Wildman–Crippen MR) is 304 cm³/mol. The molecule has 0 heterocycles. The van der Waals surface area contributed by atoms with Gasteiger partial charge in [-0.3, -0.25) is 68.1 Å². The zero-order valence-electron chi connectivity index (χ0n) is 45.9. The maximum atomic E-state index is 14.5. The van der Waals surface area contributed by atoms with Crippen molar-refractivity contribution in [3.63, 3.8) is 0 Å². The number of nitrogens with zero attached hydrogens (tertiary/aromatic N) is 5. The first kappa shape index (κ1) is 70.9. The van der Waals surface area contributed by atoms with Crippen LogP contribution < -0.4 is 83.9 Å². The van der Waals surface area contributed by atoms with Crippen molar-refractivity contribution in [3.8, 4) is 0 Å². The molecular weight excluding hydrogens is 1030 g/mol. The molecular formula is C48H90N20O9S. The number of nitrogens with two attached hydrogens (primary N) is 10. The van der Waals surface area contributed by atoms with E-state index < -0.39 is 95.7 Å². The van der Waals surface area contributed by atoms with Crippen LogP contribution >= 0.6 is 11.8 Å². The number of carbonyl (C=O) groups is 9. The molecule has 4 amide bonds. The summed E-state index contributed by atoms with van der Waals surface area (Å²) in [5, 5.41) is 13.7. The molecule has 0 fully saturated rings. The standard InChI is InChI=1S/C48H90N20O9S/c1-5-36(70)33(13-8-20-62-46(53)54)67-41(75)30(12-7-19-61-45(51)52)25-39(73)35(15-10-22-64-48(57)58)68-42(76)29(11-6-18-60-44(49)50)24-38(72)34(14-9-21-63-47(55)56)66-40(74)17-16-37(71)28(2)65-43(77)31(27-78-4)23-32(69)26-59-3/h28-31,33-35,59H,5-27H2,1-4H3,(H,65,77)(H,66,74)(H,67,75)(H,68,76)(H4,49,50,60)(H4,51,52,61)(H4,53,54,62)(H4,55,56,63)(H4,57,58,64)/t28-,29-,30-,31-,33+,34+,35+/m0/s1. The van der Waals surface area contributed by atoms with E-state index in [0.717, 1.165) is 0 Å². The average molecular weight is 1120 g/mol. The predicted octanol–water partition coefficient (Wildman–Crippen LogP) is -4.15. The quantitative estimate of drug-likeness (QED) is 0.0156. The fourth-order valence-electron chi connectivity index (χ4n) is 7.89. The number of ketones is 5. The number of Topliss-reactive ketones (excluding diaryl/α,β-unsaturated/α-hetero) is 5. The largest absolute Gasteiger partial charge is 0.370 e. The van der Waals surface area contributed by atoms with Gasteiger partial charge in [-0.05, 0) is 84.4 Å². The average Bonchev–Trinajstić information content (AvgIpc) is 3.36. The topological polar surface area (TPSA) is 536 Å². The zero-order valence-corrected chi connectivity index (χ0v) is 46.7. The van der Waals surface area contributed by atoms with Crippen molar-refractivity contribution in [2.75, 3.05) is 58.3 Å². The highest BCUT2D eigenvalue weighted by Gasteiger charge is 2.33. The van der Waals surface area contributed by atoms with Crippen molar-refractivity contribution in [1.82, 2.24) is 26.6 Å². The van der Waals surface area contributed by atoms with Crippen molar-refractivity contribution < 1.29 is 43.2 Å².